The van der Waals surface area contributed by atoms with Crippen LogP contribution in [0, 0.1) is 0 Å². The van der Waals surface area contributed by atoms with E-state index < -0.39 is 0 Å². The summed E-state index contributed by atoms with van der Waals surface area (Å²) in [6.45, 7) is 0.236. The third kappa shape index (κ3) is 3.27. The van der Waals surface area contributed by atoms with Gasteiger partial charge in [-0.25, -0.2) is 9.97 Å². The summed E-state index contributed by atoms with van der Waals surface area (Å²) in [7, 11) is 4.32. The van der Waals surface area contributed by atoms with E-state index in [9.17, 15) is 5.11 Å². The lowest BCUT2D eigenvalue weighted by atomic mass is 9.92. The maximum atomic E-state index is 9.40. The molecule has 0 aliphatic heterocycles. The van der Waals surface area contributed by atoms with Crippen molar-refractivity contribution in [2.45, 2.75) is 63.0 Å². The van der Waals surface area contributed by atoms with Crippen molar-refractivity contribution in [3.8, 4) is 5.88 Å². The lowest BCUT2D eigenvalue weighted by Gasteiger charge is -2.32. The number of thiophene rings is 1. The number of nitrogens with zero attached hydrogens (tertiary/aromatic N) is 3. The molecule has 0 radical (unpaired) electrons. The number of aliphatic hydroxyl groups is 1. The van der Waals surface area contributed by atoms with Gasteiger partial charge in [0.1, 0.15) is 17.3 Å². The molecule has 2 heterocycles. The number of rotatable bonds is 5. The number of aliphatic hydroxyl groups excluding tert-OH is 1. The molecule has 1 atom stereocenters. The molecule has 1 fully saturated rings. The van der Waals surface area contributed by atoms with Crippen LogP contribution in [-0.4, -0.2) is 52.8 Å². The predicted octanol–water partition coefficient (Wildman–Crippen LogP) is 3.36. The normalized spacial score (nSPS) is 26.3. The van der Waals surface area contributed by atoms with Gasteiger partial charge in [0, 0.05) is 17.5 Å². The van der Waals surface area contributed by atoms with Gasteiger partial charge in [-0.15, -0.1) is 11.3 Å². The molecule has 2 aliphatic carbocycles. The van der Waals surface area contributed by atoms with Gasteiger partial charge in [-0.05, 0) is 70.5 Å². The van der Waals surface area contributed by atoms with Crippen molar-refractivity contribution in [2.24, 2.45) is 0 Å². The number of hydrogen-bond donors (Lipinski definition) is 1. The van der Waals surface area contributed by atoms with Crippen molar-refractivity contribution < 1.29 is 9.84 Å². The molecular formula is C19H27N3O2S. The smallest absolute Gasteiger partial charge is 0.225 e. The second kappa shape index (κ2) is 7.17. The molecular weight excluding hydrogens is 334 g/mol. The first kappa shape index (κ1) is 17.2. The van der Waals surface area contributed by atoms with Crippen LogP contribution >= 0.6 is 11.3 Å². The quantitative estimate of drug-likeness (QED) is 0.885. The summed E-state index contributed by atoms with van der Waals surface area (Å²) >= 11 is 1.78. The Morgan fingerprint density at radius 2 is 2.00 bits per heavy atom. The number of ether oxygens (including phenoxy) is 1. The highest BCUT2D eigenvalue weighted by Gasteiger charge is 2.31. The van der Waals surface area contributed by atoms with Gasteiger partial charge < -0.3 is 14.7 Å². The van der Waals surface area contributed by atoms with E-state index in [0.717, 1.165) is 48.2 Å². The van der Waals surface area contributed by atoms with Crippen molar-refractivity contribution in [3.63, 3.8) is 0 Å². The molecule has 6 heteroatoms. The molecule has 2 aromatic rings. The van der Waals surface area contributed by atoms with Crippen molar-refractivity contribution in [1.29, 1.82) is 0 Å². The SMILES string of the molecule is CN(C)C1CCC(Oc2ncnc3sc4c(c23)[C@@H](CCO)CC4)CC1. The molecule has 0 bridgehead atoms. The summed E-state index contributed by atoms with van der Waals surface area (Å²) in [5, 5.41) is 10.5. The second-order valence-electron chi connectivity index (χ2n) is 7.56. The molecule has 2 aromatic heterocycles. The van der Waals surface area contributed by atoms with Crippen LogP contribution in [0.4, 0.5) is 0 Å². The highest BCUT2D eigenvalue weighted by atomic mass is 32.1. The topological polar surface area (TPSA) is 58.5 Å². The molecule has 0 aromatic carbocycles. The maximum absolute atomic E-state index is 9.40. The number of aryl methyl sites for hydroxylation is 1. The van der Waals surface area contributed by atoms with E-state index in [-0.39, 0.29) is 12.7 Å². The Morgan fingerprint density at radius 3 is 2.72 bits per heavy atom. The summed E-state index contributed by atoms with van der Waals surface area (Å²) in [5.41, 5.74) is 1.35. The lowest BCUT2D eigenvalue weighted by molar-refractivity contribution is 0.108. The zero-order valence-corrected chi connectivity index (χ0v) is 15.9. The average molecular weight is 362 g/mol. The molecule has 1 saturated carbocycles. The van der Waals surface area contributed by atoms with Crippen molar-refractivity contribution in [3.05, 3.63) is 16.8 Å². The van der Waals surface area contributed by atoms with E-state index >= 15 is 0 Å². The fraction of sp³-hybridized carbons (Fsp3) is 0.684. The van der Waals surface area contributed by atoms with Crippen molar-refractivity contribution in [2.75, 3.05) is 20.7 Å². The van der Waals surface area contributed by atoms with E-state index in [2.05, 4.69) is 29.0 Å². The monoisotopic (exact) mass is 361 g/mol. The fourth-order valence-electron chi connectivity index (χ4n) is 4.41. The Balaban J connectivity index is 1.58. The van der Waals surface area contributed by atoms with Crippen LogP contribution in [-0.2, 0) is 6.42 Å². The van der Waals surface area contributed by atoms with Gasteiger partial charge in [-0.1, -0.05) is 0 Å². The zero-order valence-electron chi connectivity index (χ0n) is 15.1. The third-order valence-electron chi connectivity index (χ3n) is 5.83. The van der Waals surface area contributed by atoms with Gasteiger partial charge in [0.25, 0.3) is 0 Å². The summed E-state index contributed by atoms with van der Waals surface area (Å²) in [4.78, 5) is 13.8. The van der Waals surface area contributed by atoms with Gasteiger partial charge in [0.05, 0.1) is 5.39 Å². The molecule has 1 N–H and O–H groups in total. The van der Waals surface area contributed by atoms with Crippen LogP contribution in [0.25, 0.3) is 10.2 Å². The second-order valence-corrected chi connectivity index (χ2v) is 8.64. The van der Waals surface area contributed by atoms with Gasteiger partial charge in [0.15, 0.2) is 0 Å². The van der Waals surface area contributed by atoms with Gasteiger partial charge in [-0.3, -0.25) is 0 Å². The average Bonchev–Trinajstić information content (AvgIpc) is 3.16. The summed E-state index contributed by atoms with van der Waals surface area (Å²) in [6.07, 6.45) is 9.46. The van der Waals surface area contributed by atoms with Crippen LogP contribution < -0.4 is 4.74 Å². The van der Waals surface area contributed by atoms with Gasteiger partial charge in [0.2, 0.25) is 5.88 Å². The first-order valence-corrected chi connectivity index (χ1v) is 10.2. The molecule has 5 nitrogen and oxygen atoms in total. The Bertz CT molecular complexity index is 738. The molecule has 136 valence electrons. The van der Waals surface area contributed by atoms with E-state index in [0.29, 0.717) is 12.0 Å². The lowest BCUT2D eigenvalue weighted by Crippen LogP contribution is -2.35. The van der Waals surface area contributed by atoms with Crippen molar-refractivity contribution in [1.82, 2.24) is 14.9 Å². The molecule has 0 spiro atoms. The Morgan fingerprint density at radius 1 is 1.20 bits per heavy atom. The summed E-state index contributed by atoms with van der Waals surface area (Å²) in [6, 6.07) is 0.671. The molecule has 0 unspecified atom stereocenters. The molecule has 0 amide bonds. The van der Waals surface area contributed by atoms with Gasteiger partial charge >= 0.3 is 0 Å². The molecule has 0 saturated heterocycles. The van der Waals surface area contributed by atoms with Crippen LogP contribution in [0.1, 0.15) is 54.9 Å². The zero-order chi connectivity index (χ0) is 17.4. The highest BCUT2D eigenvalue weighted by Crippen LogP contribution is 2.47. The largest absolute Gasteiger partial charge is 0.474 e. The molecule has 2 aliphatic rings. The minimum Gasteiger partial charge on any atom is -0.474 e. The minimum atomic E-state index is 0.236. The van der Waals surface area contributed by atoms with E-state index in [1.165, 1.54) is 23.3 Å². The Labute approximate surface area is 153 Å². The van der Waals surface area contributed by atoms with E-state index in [1.54, 1.807) is 17.7 Å². The van der Waals surface area contributed by atoms with Crippen LogP contribution in [0.3, 0.4) is 0 Å². The number of fused-ring (bicyclic) bond motifs is 3. The van der Waals surface area contributed by atoms with Crippen LogP contribution in [0.15, 0.2) is 6.33 Å². The standard InChI is InChI=1S/C19H27N3O2S/c1-22(2)13-4-6-14(7-5-13)24-18-17-16-12(9-10-23)3-8-15(16)25-19(17)21-11-20-18/h11-14,23H,3-10H2,1-2H3/t12-,13?,14?/m1/s1. The number of aromatic nitrogens is 2. The Hall–Kier alpha value is -1.24. The van der Waals surface area contributed by atoms with E-state index in [4.69, 9.17) is 4.74 Å². The van der Waals surface area contributed by atoms with E-state index in [1.807, 2.05) is 0 Å². The third-order valence-corrected chi connectivity index (χ3v) is 7.00. The highest BCUT2D eigenvalue weighted by molar-refractivity contribution is 7.19. The Kier molecular flexibility index (Phi) is 4.93. The molecule has 4 rings (SSSR count). The minimum absolute atomic E-state index is 0.236. The predicted molar refractivity (Wildman–Crippen MR) is 101 cm³/mol. The van der Waals surface area contributed by atoms with Gasteiger partial charge in [-0.2, -0.15) is 0 Å². The van der Waals surface area contributed by atoms with Crippen LogP contribution in [0.2, 0.25) is 0 Å². The van der Waals surface area contributed by atoms with Crippen molar-refractivity contribution >= 4 is 21.6 Å². The number of hydrogen-bond acceptors (Lipinski definition) is 6. The molecule has 25 heavy (non-hydrogen) atoms. The maximum Gasteiger partial charge on any atom is 0.225 e. The first-order chi connectivity index (χ1) is 12.2. The fourth-order valence-corrected chi connectivity index (χ4v) is 5.64. The first-order valence-electron chi connectivity index (χ1n) is 9.37. The van der Waals surface area contributed by atoms with Crippen LogP contribution in [0.5, 0.6) is 5.88 Å². The summed E-state index contributed by atoms with van der Waals surface area (Å²) < 4.78 is 6.38. The summed E-state index contributed by atoms with van der Waals surface area (Å²) in [5.74, 6) is 1.19.